The molecule has 0 aliphatic carbocycles. The van der Waals surface area contributed by atoms with Crippen molar-refractivity contribution in [3.8, 4) is 0 Å². The van der Waals surface area contributed by atoms with Crippen molar-refractivity contribution < 1.29 is 14.3 Å². The van der Waals surface area contributed by atoms with Gasteiger partial charge in [0.2, 0.25) is 0 Å². The standard InChI is InChI=1S/C24H27N3O4S/c1-16-17(2)32-24-22(16)23(29)25-21(26-24)13-27(12-20-9-6-10-31-20)11-19(28)15-30-14-18-7-4-3-5-8-18/h3-10,19,28H,11-15H2,1-2H3,(H,25,26,29). The Kier molecular flexibility index (Phi) is 7.16. The summed E-state index contributed by atoms with van der Waals surface area (Å²) in [5.41, 5.74) is 1.91. The van der Waals surface area contributed by atoms with Gasteiger partial charge < -0.3 is 19.2 Å². The number of fused-ring (bicyclic) bond motifs is 1. The van der Waals surface area contributed by atoms with E-state index in [1.54, 1.807) is 6.26 Å². The third-order valence-electron chi connectivity index (χ3n) is 5.31. The van der Waals surface area contributed by atoms with Gasteiger partial charge in [-0.05, 0) is 37.1 Å². The van der Waals surface area contributed by atoms with Gasteiger partial charge in [0.25, 0.3) is 5.56 Å². The van der Waals surface area contributed by atoms with Crippen LogP contribution in [-0.4, -0.2) is 39.2 Å². The van der Waals surface area contributed by atoms with E-state index in [-0.39, 0.29) is 12.2 Å². The Bertz CT molecular complexity index is 1200. The van der Waals surface area contributed by atoms with Crippen molar-refractivity contribution in [1.82, 2.24) is 14.9 Å². The monoisotopic (exact) mass is 453 g/mol. The molecule has 0 spiro atoms. The number of nitrogens with zero attached hydrogens (tertiary/aromatic N) is 2. The number of furan rings is 1. The molecule has 1 unspecified atom stereocenters. The summed E-state index contributed by atoms with van der Waals surface area (Å²) in [6.45, 7) is 5.79. The Morgan fingerprint density at radius 1 is 1.19 bits per heavy atom. The molecule has 0 bridgehead atoms. The second-order valence-corrected chi connectivity index (χ2v) is 9.08. The molecule has 4 rings (SSSR count). The van der Waals surface area contributed by atoms with E-state index >= 15 is 0 Å². The molecule has 0 aliphatic rings. The minimum absolute atomic E-state index is 0.128. The molecular formula is C24H27N3O4S. The summed E-state index contributed by atoms with van der Waals surface area (Å²) in [5.74, 6) is 1.33. The normalized spacial score (nSPS) is 12.6. The molecule has 1 atom stereocenters. The third-order valence-corrected chi connectivity index (χ3v) is 6.41. The summed E-state index contributed by atoms with van der Waals surface area (Å²) in [4.78, 5) is 24.0. The Morgan fingerprint density at radius 3 is 2.75 bits per heavy atom. The summed E-state index contributed by atoms with van der Waals surface area (Å²) in [5, 5.41) is 11.2. The third kappa shape index (κ3) is 5.52. The van der Waals surface area contributed by atoms with Crippen molar-refractivity contribution in [3.05, 3.63) is 86.7 Å². The van der Waals surface area contributed by atoms with Crippen LogP contribution in [0.4, 0.5) is 0 Å². The summed E-state index contributed by atoms with van der Waals surface area (Å²) in [6.07, 6.45) is 0.923. The van der Waals surface area contributed by atoms with E-state index in [4.69, 9.17) is 9.15 Å². The van der Waals surface area contributed by atoms with Gasteiger partial charge >= 0.3 is 0 Å². The van der Waals surface area contributed by atoms with Crippen LogP contribution in [0.3, 0.4) is 0 Å². The number of aromatic nitrogens is 2. The maximum atomic E-state index is 12.6. The maximum absolute atomic E-state index is 12.6. The fraction of sp³-hybridized carbons (Fsp3) is 0.333. The van der Waals surface area contributed by atoms with Gasteiger partial charge in [-0.1, -0.05) is 30.3 Å². The molecule has 2 N–H and O–H groups in total. The van der Waals surface area contributed by atoms with Crippen LogP contribution >= 0.6 is 11.3 Å². The fourth-order valence-electron chi connectivity index (χ4n) is 3.63. The van der Waals surface area contributed by atoms with E-state index in [1.807, 2.05) is 61.2 Å². The molecule has 3 heterocycles. The number of hydrogen-bond donors (Lipinski definition) is 2. The van der Waals surface area contributed by atoms with Gasteiger partial charge in [-0.3, -0.25) is 9.69 Å². The predicted molar refractivity (Wildman–Crippen MR) is 125 cm³/mol. The van der Waals surface area contributed by atoms with Crippen LogP contribution in [0.5, 0.6) is 0 Å². The van der Waals surface area contributed by atoms with Crippen LogP contribution in [0, 0.1) is 13.8 Å². The predicted octanol–water partition coefficient (Wildman–Crippen LogP) is 3.77. The number of aliphatic hydroxyl groups excluding tert-OH is 1. The smallest absolute Gasteiger partial charge is 0.259 e. The lowest BCUT2D eigenvalue weighted by atomic mass is 10.2. The Labute approximate surface area is 190 Å². The number of H-pyrrole nitrogens is 1. The molecule has 8 heteroatoms. The van der Waals surface area contributed by atoms with Gasteiger partial charge in [-0.15, -0.1) is 11.3 Å². The molecular weight excluding hydrogens is 426 g/mol. The van der Waals surface area contributed by atoms with Crippen molar-refractivity contribution in [2.75, 3.05) is 13.2 Å². The molecule has 4 aromatic rings. The summed E-state index contributed by atoms with van der Waals surface area (Å²) < 4.78 is 11.2. The molecule has 0 radical (unpaired) electrons. The molecule has 0 saturated carbocycles. The Morgan fingerprint density at radius 2 is 2.00 bits per heavy atom. The van der Waals surface area contributed by atoms with Crippen LogP contribution in [0.25, 0.3) is 10.2 Å². The number of thiophene rings is 1. The summed E-state index contributed by atoms with van der Waals surface area (Å²) in [7, 11) is 0. The molecule has 0 saturated heterocycles. The minimum atomic E-state index is -0.699. The van der Waals surface area contributed by atoms with E-state index < -0.39 is 6.10 Å². The highest BCUT2D eigenvalue weighted by molar-refractivity contribution is 7.18. The largest absolute Gasteiger partial charge is 0.468 e. The average Bonchev–Trinajstić information content (AvgIpc) is 3.36. The Balaban J connectivity index is 1.44. The van der Waals surface area contributed by atoms with Gasteiger partial charge in [-0.25, -0.2) is 4.98 Å². The van der Waals surface area contributed by atoms with E-state index in [2.05, 4.69) is 9.97 Å². The number of ether oxygens (including phenoxy) is 1. The van der Waals surface area contributed by atoms with Crippen LogP contribution in [0.15, 0.2) is 57.9 Å². The first kappa shape index (κ1) is 22.4. The van der Waals surface area contributed by atoms with Crippen LogP contribution in [0.1, 0.15) is 27.6 Å². The SMILES string of the molecule is Cc1sc2nc(CN(Cc3ccco3)CC(O)COCc3ccccc3)[nH]c(=O)c2c1C. The minimum Gasteiger partial charge on any atom is -0.468 e. The highest BCUT2D eigenvalue weighted by atomic mass is 32.1. The highest BCUT2D eigenvalue weighted by Crippen LogP contribution is 2.25. The molecule has 32 heavy (non-hydrogen) atoms. The van der Waals surface area contributed by atoms with E-state index in [0.717, 1.165) is 26.6 Å². The molecule has 0 amide bonds. The second-order valence-electron chi connectivity index (χ2n) is 7.88. The van der Waals surface area contributed by atoms with Crippen molar-refractivity contribution in [2.24, 2.45) is 0 Å². The molecule has 1 aromatic carbocycles. The zero-order valence-corrected chi connectivity index (χ0v) is 19.0. The first-order chi connectivity index (χ1) is 15.5. The van der Waals surface area contributed by atoms with Crippen molar-refractivity contribution in [1.29, 1.82) is 0 Å². The first-order valence-electron chi connectivity index (χ1n) is 10.5. The number of aliphatic hydroxyl groups is 1. The molecule has 0 aliphatic heterocycles. The number of rotatable bonds is 10. The number of nitrogens with one attached hydrogen (secondary N) is 1. The van der Waals surface area contributed by atoms with Crippen LogP contribution in [0.2, 0.25) is 0 Å². The maximum Gasteiger partial charge on any atom is 0.259 e. The lowest BCUT2D eigenvalue weighted by Crippen LogP contribution is -2.35. The summed E-state index contributed by atoms with van der Waals surface area (Å²) in [6, 6.07) is 13.6. The Hall–Kier alpha value is -2.78. The topological polar surface area (TPSA) is 91.6 Å². The van der Waals surface area contributed by atoms with Gasteiger partial charge in [0.15, 0.2) is 0 Å². The number of hydrogen-bond acceptors (Lipinski definition) is 7. The van der Waals surface area contributed by atoms with Gasteiger partial charge in [0.1, 0.15) is 16.4 Å². The van der Waals surface area contributed by atoms with Crippen molar-refractivity contribution in [2.45, 2.75) is 39.6 Å². The zero-order valence-electron chi connectivity index (χ0n) is 18.2. The second kappa shape index (κ2) is 10.2. The lowest BCUT2D eigenvalue weighted by Gasteiger charge is -2.23. The highest BCUT2D eigenvalue weighted by Gasteiger charge is 2.18. The number of benzene rings is 1. The van der Waals surface area contributed by atoms with E-state index in [1.165, 1.54) is 11.3 Å². The lowest BCUT2D eigenvalue weighted by molar-refractivity contribution is 0.00573. The van der Waals surface area contributed by atoms with Crippen molar-refractivity contribution >= 4 is 21.6 Å². The molecule has 3 aromatic heterocycles. The van der Waals surface area contributed by atoms with Crippen LogP contribution < -0.4 is 5.56 Å². The van der Waals surface area contributed by atoms with E-state index in [9.17, 15) is 9.90 Å². The number of aryl methyl sites for hydroxylation is 2. The van der Waals surface area contributed by atoms with Gasteiger partial charge in [0.05, 0.1) is 44.1 Å². The molecule has 7 nitrogen and oxygen atoms in total. The first-order valence-corrected chi connectivity index (χ1v) is 11.3. The average molecular weight is 454 g/mol. The van der Waals surface area contributed by atoms with Gasteiger partial charge in [-0.2, -0.15) is 0 Å². The fourth-order valence-corrected chi connectivity index (χ4v) is 4.68. The van der Waals surface area contributed by atoms with Crippen molar-refractivity contribution in [3.63, 3.8) is 0 Å². The molecule has 0 fully saturated rings. The quantitative estimate of drug-likeness (QED) is 0.380. The van der Waals surface area contributed by atoms with Gasteiger partial charge in [0, 0.05) is 11.4 Å². The molecule has 168 valence electrons. The zero-order chi connectivity index (χ0) is 22.5. The van der Waals surface area contributed by atoms with Crippen LogP contribution in [-0.2, 0) is 24.4 Å². The summed E-state index contributed by atoms with van der Waals surface area (Å²) >= 11 is 1.52. The number of aromatic amines is 1. The van der Waals surface area contributed by atoms with E-state index in [0.29, 0.717) is 37.5 Å².